The molecule has 1 aromatic heterocycles. The molecule has 10 nitrogen and oxygen atoms in total. The molecule has 39 heavy (non-hydrogen) atoms. The number of nitrogens with one attached hydrogen (secondary N) is 2. The normalized spacial score (nSPS) is 15.2. The van der Waals surface area contributed by atoms with E-state index in [1.807, 2.05) is 32.6 Å². The summed E-state index contributed by atoms with van der Waals surface area (Å²) in [6.07, 6.45) is -0.0902. The van der Waals surface area contributed by atoms with Crippen LogP contribution in [0.5, 0.6) is 0 Å². The number of anilines is 2. The Bertz CT molecular complexity index is 1290. The predicted octanol–water partition coefficient (Wildman–Crippen LogP) is 6.55. The summed E-state index contributed by atoms with van der Waals surface area (Å²) in [7, 11) is 0. The summed E-state index contributed by atoms with van der Waals surface area (Å²) >= 11 is 12.7. The van der Waals surface area contributed by atoms with Crippen molar-refractivity contribution in [2.45, 2.75) is 78.0 Å². The zero-order chi connectivity index (χ0) is 29.2. The van der Waals surface area contributed by atoms with Crippen molar-refractivity contribution in [3.63, 3.8) is 0 Å². The monoisotopic (exact) mass is 576 g/mol. The van der Waals surface area contributed by atoms with Gasteiger partial charge in [0, 0.05) is 24.2 Å². The van der Waals surface area contributed by atoms with Crippen molar-refractivity contribution in [3.05, 3.63) is 33.9 Å². The minimum absolute atomic E-state index is 0.0551. The summed E-state index contributed by atoms with van der Waals surface area (Å²) in [6, 6.07) is 7.09. The average molecular weight is 578 g/mol. The zero-order valence-corrected chi connectivity index (χ0v) is 24.8. The number of amides is 2. The summed E-state index contributed by atoms with van der Waals surface area (Å²) < 4.78 is 10.8. The number of rotatable bonds is 4. The number of nitrogens with zero attached hydrogens (tertiary/aromatic N) is 4. The number of hydrogen-bond donors (Lipinski definition) is 2. The van der Waals surface area contributed by atoms with E-state index in [2.05, 4.69) is 26.7 Å². The number of aromatic nitrogens is 2. The lowest BCUT2D eigenvalue weighted by atomic mass is 9.89. The smallest absolute Gasteiger partial charge is 0.413 e. The van der Waals surface area contributed by atoms with Crippen LogP contribution in [0.4, 0.5) is 21.2 Å². The highest BCUT2D eigenvalue weighted by molar-refractivity contribution is 6.43. The van der Waals surface area contributed by atoms with Gasteiger partial charge in [-0.3, -0.25) is 5.32 Å². The lowest BCUT2D eigenvalue weighted by Gasteiger charge is -2.40. The number of ether oxygens (including phenoxy) is 2. The quantitative estimate of drug-likeness (QED) is 0.418. The maximum atomic E-state index is 12.7. The first kappa shape index (κ1) is 30.3. The average Bonchev–Trinajstić information content (AvgIpc) is 2.78. The van der Waals surface area contributed by atoms with Crippen molar-refractivity contribution in [1.82, 2.24) is 15.3 Å². The maximum absolute atomic E-state index is 12.7. The van der Waals surface area contributed by atoms with E-state index in [1.54, 1.807) is 39.0 Å². The Morgan fingerprint density at radius 1 is 1.03 bits per heavy atom. The molecule has 1 aliphatic rings. The highest BCUT2D eigenvalue weighted by atomic mass is 35.5. The third-order valence-corrected chi connectivity index (χ3v) is 6.60. The summed E-state index contributed by atoms with van der Waals surface area (Å²) in [4.78, 5) is 36.2. The molecule has 0 bridgehead atoms. The Morgan fingerprint density at radius 2 is 1.62 bits per heavy atom. The standard InChI is InChI=1S/C27H34Cl2N6O4/c1-25(2,3)38-23(36)33-21-20(16-9-8-10-17(28)19(16)29)31-18(15-30)22(32-21)35-13-11-27(7,12-14-35)34-24(37)39-26(4,5)6/h8-10H,11-14H2,1-7H3,(H,34,37)(H,32,33,36). The number of hydrogen-bond acceptors (Lipinski definition) is 8. The molecule has 3 rings (SSSR count). The van der Waals surface area contributed by atoms with Gasteiger partial charge in [0.25, 0.3) is 0 Å². The van der Waals surface area contributed by atoms with Gasteiger partial charge in [0.1, 0.15) is 23.0 Å². The van der Waals surface area contributed by atoms with Gasteiger partial charge in [0.15, 0.2) is 17.3 Å². The van der Waals surface area contributed by atoms with Gasteiger partial charge in [-0.15, -0.1) is 0 Å². The zero-order valence-electron chi connectivity index (χ0n) is 23.2. The number of nitriles is 1. The molecule has 0 radical (unpaired) electrons. The van der Waals surface area contributed by atoms with E-state index in [4.69, 9.17) is 32.7 Å². The second-order valence-electron chi connectivity index (χ2n) is 11.6. The van der Waals surface area contributed by atoms with Gasteiger partial charge in [0.05, 0.1) is 10.0 Å². The summed E-state index contributed by atoms with van der Waals surface area (Å²) in [5.41, 5.74) is -1.23. The Labute approximate surface area is 239 Å². The van der Waals surface area contributed by atoms with Crippen LogP contribution >= 0.6 is 23.2 Å². The van der Waals surface area contributed by atoms with Gasteiger partial charge in [-0.1, -0.05) is 35.3 Å². The number of alkyl carbamates (subject to hydrolysis) is 1. The lowest BCUT2D eigenvalue weighted by Crippen LogP contribution is -2.54. The topological polar surface area (TPSA) is 129 Å². The number of benzene rings is 1. The van der Waals surface area contributed by atoms with Crippen LogP contribution in [0.25, 0.3) is 11.3 Å². The third-order valence-electron chi connectivity index (χ3n) is 5.78. The Kier molecular flexibility index (Phi) is 8.88. The van der Waals surface area contributed by atoms with E-state index in [9.17, 15) is 14.9 Å². The molecule has 1 fully saturated rings. The van der Waals surface area contributed by atoms with Crippen LogP contribution in [-0.2, 0) is 9.47 Å². The second-order valence-corrected chi connectivity index (χ2v) is 12.4. The minimum Gasteiger partial charge on any atom is -0.444 e. The van der Waals surface area contributed by atoms with E-state index in [1.165, 1.54) is 0 Å². The molecule has 12 heteroatoms. The van der Waals surface area contributed by atoms with Crippen molar-refractivity contribution < 1.29 is 19.1 Å². The summed E-state index contributed by atoms with van der Waals surface area (Å²) in [6.45, 7) is 13.5. The fourth-order valence-electron chi connectivity index (χ4n) is 3.97. The summed E-state index contributed by atoms with van der Waals surface area (Å²) in [5.74, 6) is 0.368. The number of halogens is 2. The molecule has 2 N–H and O–H groups in total. The van der Waals surface area contributed by atoms with Crippen LogP contribution in [0.15, 0.2) is 18.2 Å². The van der Waals surface area contributed by atoms with Gasteiger partial charge in [-0.05, 0) is 67.4 Å². The van der Waals surface area contributed by atoms with Crippen LogP contribution in [0.1, 0.15) is 67.0 Å². The first-order chi connectivity index (χ1) is 18.0. The van der Waals surface area contributed by atoms with Gasteiger partial charge in [0.2, 0.25) is 0 Å². The van der Waals surface area contributed by atoms with Crippen molar-refractivity contribution >= 4 is 47.0 Å². The number of carbonyl (C=O) groups is 2. The van der Waals surface area contributed by atoms with E-state index >= 15 is 0 Å². The Balaban J connectivity index is 1.95. The predicted molar refractivity (Wildman–Crippen MR) is 151 cm³/mol. The molecule has 2 aromatic rings. The van der Waals surface area contributed by atoms with Crippen molar-refractivity contribution in [3.8, 4) is 17.3 Å². The van der Waals surface area contributed by atoms with Crippen LogP contribution in [0.3, 0.4) is 0 Å². The third kappa shape index (κ3) is 8.10. The molecule has 1 saturated heterocycles. The van der Waals surface area contributed by atoms with Crippen LogP contribution in [-0.4, -0.2) is 52.0 Å². The molecule has 0 spiro atoms. The molecule has 0 saturated carbocycles. The van der Waals surface area contributed by atoms with Crippen molar-refractivity contribution in [2.24, 2.45) is 0 Å². The Morgan fingerprint density at radius 3 is 2.18 bits per heavy atom. The van der Waals surface area contributed by atoms with E-state index in [0.29, 0.717) is 37.3 Å². The molecule has 0 atom stereocenters. The highest BCUT2D eigenvalue weighted by Crippen LogP contribution is 2.38. The largest absolute Gasteiger partial charge is 0.444 e. The number of piperidine rings is 1. The van der Waals surface area contributed by atoms with E-state index in [-0.39, 0.29) is 27.3 Å². The number of carbonyl (C=O) groups excluding carboxylic acids is 2. The lowest BCUT2D eigenvalue weighted by molar-refractivity contribution is 0.0447. The molecule has 0 aliphatic carbocycles. The molecule has 2 heterocycles. The first-order valence-corrected chi connectivity index (χ1v) is 13.3. The molecule has 0 unspecified atom stereocenters. The van der Waals surface area contributed by atoms with Crippen molar-refractivity contribution in [1.29, 1.82) is 5.26 Å². The van der Waals surface area contributed by atoms with Gasteiger partial charge >= 0.3 is 12.2 Å². The van der Waals surface area contributed by atoms with Crippen LogP contribution < -0.4 is 15.5 Å². The first-order valence-electron chi connectivity index (χ1n) is 12.5. The van der Waals surface area contributed by atoms with Crippen LogP contribution in [0.2, 0.25) is 10.0 Å². The molecular formula is C27H34Cl2N6O4. The van der Waals surface area contributed by atoms with Gasteiger partial charge in [-0.25, -0.2) is 19.6 Å². The molecule has 1 aromatic carbocycles. The minimum atomic E-state index is -0.751. The van der Waals surface area contributed by atoms with E-state index < -0.39 is 28.9 Å². The van der Waals surface area contributed by atoms with Gasteiger partial charge in [-0.2, -0.15) is 5.26 Å². The fourth-order valence-corrected chi connectivity index (χ4v) is 4.36. The molecule has 1 aliphatic heterocycles. The van der Waals surface area contributed by atoms with Gasteiger partial charge < -0.3 is 19.7 Å². The molecule has 210 valence electrons. The Hall–Kier alpha value is -3.29. The van der Waals surface area contributed by atoms with Crippen LogP contribution in [0, 0.1) is 11.3 Å². The molecular weight excluding hydrogens is 543 g/mol. The SMILES string of the molecule is CC1(NC(=O)OC(C)(C)C)CCN(c2nc(NC(=O)OC(C)(C)C)c(-c3cccc(Cl)c3Cl)nc2C#N)CC1. The van der Waals surface area contributed by atoms with E-state index in [0.717, 1.165) is 0 Å². The fraction of sp³-hybridized carbons (Fsp3) is 0.519. The maximum Gasteiger partial charge on any atom is 0.413 e. The highest BCUT2D eigenvalue weighted by Gasteiger charge is 2.35. The molecule has 2 amide bonds. The second kappa shape index (κ2) is 11.4. The summed E-state index contributed by atoms with van der Waals surface area (Å²) in [5, 5.41) is 16.1. The van der Waals surface area contributed by atoms with Crippen molar-refractivity contribution in [2.75, 3.05) is 23.3 Å².